The van der Waals surface area contributed by atoms with Crippen LogP contribution in [-0.4, -0.2) is 30.5 Å². The van der Waals surface area contributed by atoms with Gasteiger partial charge in [-0.2, -0.15) is 0 Å². The lowest BCUT2D eigenvalue weighted by Gasteiger charge is -2.33. The molecular weight excluding hydrogens is 206 g/mol. The van der Waals surface area contributed by atoms with Gasteiger partial charge in [-0.05, 0) is 13.0 Å². The second-order valence-corrected chi connectivity index (χ2v) is 4.50. The van der Waals surface area contributed by atoms with E-state index in [1.54, 1.807) is 12.5 Å². The molecule has 0 spiro atoms. The lowest BCUT2D eigenvalue weighted by Crippen LogP contribution is -2.45. The fraction of sp³-hybridized carbons (Fsp3) is 0.667. The first kappa shape index (κ1) is 11.6. The van der Waals surface area contributed by atoms with Crippen LogP contribution in [0.3, 0.4) is 0 Å². The lowest BCUT2D eigenvalue weighted by molar-refractivity contribution is -0.0626. The van der Waals surface area contributed by atoms with Crippen molar-refractivity contribution in [1.82, 2.24) is 5.32 Å². The van der Waals surface area contributed by atoms with Crippen molar-refractivity contribution >= 4 is 0 Å². The molecule has 4 nitrogen and oxygen atoms in total. The van der Waals surface area contributed by atoms with Crippen LogP contribution in [-0.2, 0) is 4.74 Å². The number of furan rings is 1. The molecule has 4 heteroatoms. The first-order chi connectivity index (χ1) is 7.70. The average Bonchev–Trinajstić information content (AvgIpc) is 2.80. The van der Waals surface area contributed by atoms with E-state index in [9.17, 15) is 5.11 Å². The molecule has 1 aromatic heterocycles. The van der Waals surface area contributed by atoms with E-state index in [1.165, 1.54) is 0 Å². The Labute approximate surface area is 95.6 Å². The second-order valence-electron chi connectivity index (χ2n) is 4.50. The Morgan fingerprint density at radius 2 is 2.25 bits per heavy atom. The van der Waals surface area contributed by atoms with Crippen molar-refractivity contribution in [3.8, 4) is 0 Å². The number of hydrogen-bond donors (Lipinski definition) is 2. The molecule has 2 N–H and O–H groups in total. The van der Waals surface area contributed by atoms with E-state index < -0.39 is 5.60 Å². The molecule has 2 heterocycles. The summed E-state index contributed by atoms with van der Waals surface area (Å²) in [5.41, 5.74) is 0.492. The molecule has 16 heavy (non-hydrogen) atoms. The van der Waals surface area contributed by atoms with E-state index >= 15 is 0 Å². The third kappa shape index (κ3) is 2.84. The number of hydrogen-bond acceptors (Lipinski definition) is 4. The number of nitrogens with one attached hydrogen (secondary N) is 1. The number of rotatable bonds is 4. The third-order valence-electron chi connectivity index (χ3n) is 3.20. The van der Waals surface area contributed by atoms with Crippen molar-refractivity contribution < 1.29 is 14.3 Å². The zero-order valence-corrected chi connectivity index (χ0v) is 9.61. The van der Waals surface area contributed by atoms with Crippen LogP contribution in [0.4, 0.5) is 0 Å². The molecule has 2 rings (SSSR count). The minimum absolute atomic E-state index is 0.200. The smallest absolute Gasteiger partial charge is 0.0950 e. The van der Waals surface area contributed by atoms with Crippen LogP contribution in [0.1, 0.15) is 31.4 Å². The van der Waals surface area contributed by atoms with E-state index in [-0.39, 0.29) is 6.04 Å². The number of aliphatic hydroxyl groups is 1. The highest BCUT2D eigenvalue weighted by atomic mass is 16.5. The Balaban J connectivity index is 1.82. The van der Waals surface area contributed by atoms with Gasteiger partial charge in [-0.3, -0.25) is 0 Å². The second kappa shape index (κ2) is 4.99. The maximum Gasteiger partial charge on any atom is 0.0950 e. The van der Waals surface area contributed by atoms with E-state index in [4.69, 9.17) is 9.15 Å². The molecule has 0 aromatic carbocycles. The minimum atomic E-state index is -0.615. The summed E-state index contributed by atoms with van der Waals surface area (Å²) in [6.07, 6.45) is 4.80. The van der Waals surface area contributed by atoms with Crippen molar-refractivity contribution in [2.45, 2.75) is 31.4 Å². The third-order valence-corrected chi connectivity index (χ3v) is 3.20. The fourth-order valence-corrected chi connectivity index (χ4v) is 1.91. The average molecular weight is 225 g/mol. The molecule has 0 amide bonds. The molecule has 1 atom stereocenters. The quantitative estimate of drug-likeness (QED) is 0.814. The highest BCUT2D eigenvalue weighted by Gasteiger charge is 2.29. The van der Waals surface area contributed by atoms with E-state index in [0.717, 1.165) is 5.56 Å². The first-order valence-corrected chi connectivity index (χ1v) is 5.75. The van der Waals surface area contributed by atoms with Crippen molar-refractivity contribution in [3.63, 3.8) is 0 Å². The van der Waals surface area contributed by atoms with Crippen LogP contribution in [0.25, 0.3) is 0 Å². The van der Waals surface area contributed by atoms with Crippen LogP contribution < -0.4 is 5.32 Å². The molecule has 1 aliphatic heterocycles. The summed E-state index contributed by atoms with van der Waals surface area (Å²) in [6, 6.07) is 2.14. The predicted octanol–water partition coefficient (Wildman–Crippen LogP) is 1.47. The summed E-state index contributed by atoms with van der Waals surface area (Å²) in [5, 5.41) is 13.6. The van der Waals surface area contributed by atoms with Gasteiger partial charge < -0.3 is 19.6 Å². The zero-order chi connectivity index (χ0) is 11.4. The number of ether oxygens (including phenoxy) is 1. The monoisotopic (exact) mass is 225 g/mol. The van der Waals surface area contributed by atoms with Gasteiger partial charge >= 0.3 is 0 Å². The standard InChI is InChI=1S/C12H19NO3/c1-10(11-2-5-16-8-11)13-9-12(14)3-6-15-7-4-12/h2,5,8,10,13-14H,3-4,6-7,9H2,1H3. The van der Waals surface area contributed by atoms with Gasteiger partial charge in [0.05, 0.1) is 18.1 Å². The van der Waals surface area contributed by atoms with Crippen molar-refractivity contribution in [3.05, 3.63) is 24.2 Å². The molecule has 0 bridgehead atoms. The molecule has 1 aliphatic rings. The van der Waals surface area contributed by atoms with Crippen molar-refractivity contribution in [2.75, 3.05) is 19.8 Å². The van der Waals surface area contributed by atoms with Crippen LogP contribution in [0.2, 0.25) is 0 Å². The summed E-state index contributed by atoms with van der Waals surface area (Å²) in [7, 11) is 0. The van der Waals surface area contributed by atoms with Crippen molar-refractivity contribution in [1.29, 1.82) is 0 Å². The maximum atomic E-state index is 10.3. The van der Waals surface area contributed by atoms with Crippen LogP contribution in [0.15, 0.2) is 23.0 Å². The van der Waals surface area contributed by atoms with Crippen LogP contribution >= 0.6 is 0 Å². The van der Waals surface area contributed by atoms with E-state index in [2.05, 4.69) is 12.2 Å². The summed E-state index contributed by atoms with van der Waals surface area (Å²) in [4.78, 5) is 0. The molecule has 1 fully saturated rings. The normalized spacial score (nSPS) is 21.9. The van der Waals surface area contributed by atoms with Gasteiger partial charge in [0, 0.05) is 44.2 Å². The van der Waals surface area contributed by atoms with Crippen LogP contribution in [0, 0.1) is 0 Å². The molecule has 1 saturated heterocycles. The summed E-state index contributed by atoms with van der Waals surface area (Å²) in [5.74, 6) is 0. The van der Waals surface area contributed by atoms with Gasteiger partial charge in [0.1, 0.15) is 0 Å². The molecule has 0 saturated carbocycles. The van der Waals surface area contributed by atoms with Gasteiger partial charge in [0.25, 0.3) is 0 Å². The molecule has 0 radical (unpaired) electrons. The van der Waals surface area contributed by atoms with Gasteiger partial charge in [-0.1, -0.05) is 0 Å². The Hall–Kier alpha value is -0.840. The Morgan fingerprint density at radius 1 is 1.50 bits per heavy atom. The highest BCUT2D eigenvalue weighted by molar-refractivity contribution is 5.10. The topological polar surface area (TPSA) is 54.6 Å². The van der Waals surface area contributed by atoms with E-state index in [0.29, 0.717) is 32.6 Å². The largest absolute Gasteiger partial charge is 0.472 e. The van der Waals surface area contributed by atoms with E-state index in [1.807, 2.05) is 6.07 Å². The molecular formula is C12H19NO3. The van der Waals surface area contributed by atoms with Gasteiger partial charge in [0.2, 0.25) is 0 Å². The van der Waals surface area contributed by atoms with Crippen LogP contribution in [0.5, 0.6) is 0 Å². The Kier molecular flexibility index (Phi) is 3.63. The molecule has 1 aromatic rings. The predicted molar refractivity (Wildman–Crippen MR) is 60.1 cm³/mol. The maximum absolute atomic E-state index is 10.3. The highest BCUT2D eigenvalue weighted by Crippen LogP contribution is 2.21. The first-order valence-electron chi connectivity index (χ1n) is 5.75. The van der Waals surface area contributed by atoms with Gasteiger partial charge in [0.15, 0.2) is 0 Å². The summed E-state index contributed by atoms with van der Waals surface area (Å²) >= 11 is 0. The zero-order valence-electron chi connectivity index (χ0n) is 9.61. The summed E-state index contributed by atoms with van der Waals surface area (Å²) in [6.45, 7) is 3.97. The molecule has 0 aliphatic carbocycles. The SMILES string of the molecule is CC(NCC1(O)CCOCC1)c1ccoc1. The molecule has 90 valence electrons. The van der Waals surface area contributed by atoms with Crippen molar-refractivity contribution in [2.24, 2.45) is 0 Å². The Bertz CT molecular complexity index is 304. The fourth-order valence-electron chi connectivity index (χ4n) is 1.91. The lowest BCUT2D eigenvalue weighted by atomic mass is 9.94. The molecule has 1 unspecified atom stereocenters. The minimum Gasteiger partial charge on any atom is -0.472 e. The Morgan fingerprint density at radius 3 is 2.88 bits per heavy atom. The van der Waals surface area contributed by atoms with Gasteiger partial charge in [-0.25, -0.2) is 0 Å². The van der Waals surface area contributed by atoms with Gasteiger partial charge in [-0.15, -0.1) is 0 Å². The summed E-state index contributed by atoms with van der Waals surface area (Å²) < 4.78 is 10.3.